The highest BCUT2D eigenvalue weighted by Crippen LogP contribution is 2.29. The van der Waals surface area contributed by atoms with Crippen LogP contribution in [-0.2, 0) is 0 Å². The number of hydrogen-bond donors (Lipinski definition) is 0. The van der Waals surface area contributed by atoms with Crippen LogP contribution in [0, 0.1) is 0 Å². The van der Waals surface area contributed by atoms with Crippen molar-refractivity contribution < 1.29 is 0 Å². The van der Waals surface area contributed by atoms with E-state index in [0.717, 1.165) is 6.54 Å². The fourth-order valence-electron chi connectivity index (χ4n) is 1.51. The Hall–Kier alpha value is -0.470. The summed E-state index contributed by atoms with van der Waals surface area (Å²) < 4.78 is 0. The summed E-state index contributed by atoms with van der Waals surface area (Å²) in [4.78, 5) is 2.26. The van der Waals surface area contributed by atoms with Crippen molar-refractivity contribution in [3.63, 3.8) is 0 Å². The topological polar surface area (TPSA) is 3.24 Å². The first-order valence-corrected chi connectivity index (χ1v) is 6.60. The summed E-state index contributed by atoms with van der Waals surface area (Å²) in [5.41, 5.74) is 1.45. The van der Waals surface area contributed by atoms with Gasteiger partial charge in [0.15, 0.2) is 0 Å². The van der Waals surface area contributed by atoms with Crippen LogP contribution in [0.3, 0.4) is 0 Å². The highest BCUT2D eigenvalue weighted by molar-refractivity contribution is 7.99. The van der Waals surface area contributed by atoms with Crippen molar-refractivity contribution in [3.8, 4) is 0 Å². The molecule has 1 unspecified atom stereocenters. The minimum Gasteiger partial charge on any atom is -0.308 e. The average Bonchev–Trinajstić information content (AvgIpc) is 2.25. The van der Waals surface area contributed by atoms with Gasteiger partial charge in [-0.15, -0.1) is 0 Å². The third kappa shape index (κ3) is 4.72. The van der Waals surface area contributed by atoms with Gasteiger partial charge in [-0.25, -0.2) is 0 Å². The lowest BCUT2D eigenvalue weighted by Crippen LogP contribution is -2.18. The standard InChI is InChI=1S/C13H21NS/c1-4-10-15-13(11-14(2)3)12-8-6-5-7-9-12/h5-9,13H,4,10-11H2,1-3H3. The molecule has 1 aromatic rings. The van der Waals surface area contributed by atoms with Crippen LogP contribution in [0.2, 0.25) is 0 Å². The molecule has 0 aromatic heterocycles. The Morgan fingerprint density at radius 3 is 2.40 bits per heavy atom. The zero-order valence-electron chi connectivity index (χ0n) is 9.94. The van der Waals surface area contributed by atoms with E-state index >= 15 is 0 Å². The number of thioether (sulfide) groups is 1. The van der Waals surface area contributed by atoms with Gasteiger partial charge in [-0.1, -0.05) is 37.3 Å². The van der Waals surface area contributed by atoms with Gasteiger partial charge in [-0.3, -0.25) is 0 Å². The molecular formula is C13H21NS. The Morgan fingerprint density at radius 2 is 1.87 bits per heavy atom. The Morgan fingerprint density at radius 1 is 1.20 bits per heavy atom. The molecule has 0 fully saturated rings. The Labute approximate surface area is 97.9 Å². The fourth-order valence-corrected chi connectivity index (χ4v) is 2.79. The molecule has 0 amide bonds. The van der Waals surface area contributed by atoms with Crippen molar-refractivity contribution in [3.05, 3.63) is 35.9 Å². The molecular weight excluding hydrogens is 202 g/mol. The van der Waals surface area contributed by atoms with Crippen LogP contribution in [0.15, 0.2) is 30.3 Å². The lowest BCUT2D eigenvalue weighted by atomic mass is 10.1. The molecule has 1 atom stereocenters. The van der Waals surface area contributed by atoms with Gasteiger partial charge in [0.05, 0.1) is 0 Å². The average molecular weight is 223 g/mol. The van der Waals surface area contributed by atoms with Crippen LogP contribution in [0.5, 0.6) is 0 Å². The first-order valence-electron chi connectivity index (χ1n) is 5.55. The quantitative estimate of drug-likeness (QED) is 0.727. The van der Waals surface area contributed by atoms with E-state index in [0.29, 0.717) is 5.25 Å². The first-order chi connectivity index (χ1) is 7.24. The Balaban J connectivity index is 2.63. The van der Waals surface area contributed by atoms with E-state index < -0.39 is 0 Å². The summed E-state index contributed by atoms with van der Waals surface area (Å²) in [7, 11) is 4.28. The van der Waals surface area contributed by atoms with Crippen LogP contribution >= 0.6 is 11.8 Å². The maximum absolute atomic E-state index is 2.26. The van der Waals surface area contributed by atoms with Crippen LogP contribution in [-0.4, -0.2) is 31.3 Å². The molecule has 15 heavy (non-hydrogen) atoms. The number of rotatable bonds is 6. The molecule has 0 saturated carbocycles. The molecule has 0 aliphatic carbocycles. The predicted molar refractivity (Wildman–Crippen MR) is 70.5 cm³/mol. The molecule has 1 aromatic carbocycles. The van der Waals surface area contributed by atoms with Crippen LogP contribution in [0.1, 0.15) is 24.2 Å². The number of nitrogens with zero attached hydrogens (tertiary/aromatic N) is 1. The SMILES string of the molecule is CCCSC(CN(C)C)c1ccccc1. The second kappa shape index (κ2) is 6.91. The summed E-state index contributed by atoms with van der Waals surface area (Å²) in [5, 5.41) is 0.612. The fraction of sp³-hybridized carbons (Fsp3) is 0.538. The van der Waals surface area contributed by atoms with E-state index in [2.05, 4.69) is 68.0 Å². The molecule has 0 N–H and O–H groups in total. The van der Waals surface area contributed by atoms with E-state index in [-0.39, 0.29) is 0 Å². The van der Waals surface area contributed by atoms with Gasteiger partial charge >= 0.3 is 0 Å². The van der Waals surface area contributed by atoms with Gasteiger partial charge in [-0.2, -0.15) is 11.8 Å². The van der Waals surface area contributed by atoms with Crippen molar-refractivity contribution in [1.82, 2.24) is 4.90 Å². The Bertz CT molecular complexity index is 258. The lowest BCUT2D eigenvalue weighted by molar-refractivity contribution is 0.410. The van der Waals surface area contributed by atoms with E-state index in [1.54, 1.807) is 0 Å². The van der Waals surface area contributed by atoms with Crippen LogP contribution in [0.25, 0.3) is 0 Å². The van der Waals surface area contributed by atoms with Gasteiger partial charge in [0, 0.05) is 11.8 Å². The zero-order chi connectivity index (χ0) is 11.1. The van der Waals surface area contributed by atoms with Gasteiger partial charge in [-0.05, 0) is 31.8 Å². The molecule has 2 heteroatoms. The van der Waals surface area contributed by atoms with Crippen molar-refractivity contribution >= 4 is 11.8 Å². The molecule has 1 rings (SSSR count). The monoisotopic (exact) mass is 223 g/mol. The van der Waals surface area contributed by atoms with E-state index in [9.17, 15) is 0 Å². The van der Waals surface area contributed by atoms with Crippen LogP contribution in [0.4, 0.5) is 0 Å². The molecule has 0 aliphatic rings. The number of likely N-dealkylation sites (N-methyl/N-ethyl adjacent to an activating group) is 1. The number of hydrogen-bond acceptors (Lipinski definition) is 2. The molecule has 0 radical (unpaired) electrons. The van der Waals surface area contributed by atoms with E-state index in [1.165, 1.54) is 17.7 Å². The summed E-state index contributed by atoms with van der Waals surface area (Å²) in [5.74, 6) is 1.24. The summed E-state index contributed by atoms with van der Waals surface area (Å²) in [6.07, 6.45) is 1.25. The second-order valence-electron chi connectivity index (χ2n) is 4.03. The van der Waals surface area contributed by atoms with Crippen molar-refractivity contribution in [1.29, 1.82) is 0 Å². The summed E-state index contributed by atoms with van der Waals surface area (Å²) >= 11 is 2.06. The highest BCUT2D eigenvalue weighted by atomic mass is 32.2. The minimum absolute atomic E-state index is 0.612. The second-order valence-corrected chi connectivity index (χ2v) is 5.34. The summed E-state index contributed by atoms with van der Waals surface area (Å²) in [6.45, 7) is 3.36. The van der Waals surface area contributed by atoms with E-state index in [1.807, 2.05) is 0 Å². The zero-order valence-corrected chi connectivity index (χ0v) is 10.8. The predicted octanol–water partition coefficient (Wildman–Crippen LogP) is 3.43. The largest absolute Gasteiger partial charge is 0.308 e. The molecule has 0 saturated heterocycles. The molecule has 0 aliphatic heterocycles. The maximum atomic E-state index is 2.26. The van der Waals surface area contributed by atoms with Crippen molar-refractivity contribution in [2.45, 2.75) is 18.6 Å². The third-order valence-electron chi connectivity index (χ3n) is 2.23. The normalized spacial score (nSPS) is 13.1. The first kappa shape index (κ1) is 12.6. The molecule has 0 spiro atoms. The molecule has 0 bridgehead atoms. The van der Waals surface area contributed by atoms with Crippen LogP contribution < -0.4 is 0 Å². The molecule has 84 valence electrons. The van der Waals surface area contributed by atoms with Crippen molar-refractivity contribution in [2.75, 3.05) is 26.4 Å². The van der Waals surface area contributed by atoms with E-state index in [4.69, 9.17) is 0 Å². The summed E-state index contributed by atoms with van der Waals surface area (Å²) in [6, 6.07) is 10.8. The Kier molecular flexibility index (Phi) is 5.81. The molecule has 0 heterocycles. The van der Waals surface area contributed by atoms with Gasteiger partial charge in [0.2, 0.25) is 0 Å². The van der Waals surface area contributed by atoms with Gasteiger partial charge < -0.3 is 4.90 Å². The van der Waals surface area contributed by atoms with Gasteiger partial charge in [0.25, 0.3) is 0 Å². The van der Waals surface area contributed by atoms with Gasteiger partial charge in [0.1, 0.15) is 0 Å². The minimum atomic E-state index is 0.612. The number of benzene rings is 1. The smallest absolute Gasteiger partial charge is 0.0424 e. The van der Waals surface area contributed by atoms with Crippen molar-refractivity contribution in [2.24, 2.45) is 0 Å². The lowest BCUT2D eigenvalue weighted by Gasteiger charge is -2.20. The highest BCUT2D eigenvalue weighted by Gasteiger charge is 2.11. The maximum Gasteiger partial charge on any atom is 0.0424 e. The molecule has 1 nitrogen and oxygen atoms in total. The third-order valence-corrected chi connectivity index (χ3v) is 3.69.